The number of benzene rings is 2. The van der Waals surface area contributed by atoms with Crippen molar-refractivity contribution in [3.63, 3.8) is 0 Å². The van der Waals surface area contributed by atoms with E-state index in [1.165, 1.54) is 5.56 Å². The zero-order valence-electron chi connectivity index (χ0n) is 12.0. The predicted octanol–water partition coefficient (Wildman–Crippen LogP) is 3.90. The highest BCUT2D eigenvalue weighted by Gasteiger charge is 2.03. The van der Waals surface area contributed by atoms with Gasteiger partial charge in [-0.3, -0.25) is 0 Å². The van der Waals surface area contributed by atoms with Crippen molar-refractivity contribution >= 4 is 16.6 Å². The summed E-state index contributed by atoms with van der Waals surface area (Å²) in [4.78, 5) is 4.45. The second-order valence-corrected chi connectivity index (χ2v) is 4.91. The van der Waals surface area contributed by atoms with E-state index in [0.717, 1.165) is 35.3 Å². The Balaban J connectivity index is 1.77. The smallest absolute Gasteiger partial charge is 0.133 e. The molecule has 21 heavy (non-hydrogen) atoms. The first-order valence-electron chi connectivity index (χ1n) is 7.07. The number of hydrogen-bond acceptors (Lipinski definition) is 3. The van der Waals surface area contributed by atoms with Crippen molar-refractivity contribution in [1.29, 1.82) is 0 Å². The third-order valence-electron chi connectivity index (χ3n) is 3.52. The summed E-state index contributed by atoms with van der Waals surface area (Å²) in [6, 6.07) is 18.5. The van der Waals surface area contributed by atoms with Gasteiger partial charge in [0.15, 0.2) is 0 Å². The van der Waals surface area contributed by atoms with Gasteiger partial charge in [-0.05, 0) is 35.6 Å². The fourth-order valence-corrected chi connectivity index (χ4v) is 2.39. The minimum Gasteiger partial charge on any atom is -0.497 e. The number of nitrogens with one attached hydrogen (secondary N) is 1. The molecule has 0 aliphatic carbocycles. The Morgan fingerprint density at radius 2 is 1.90 bits per heavy atom. The number of pyridine rings is 1. The van der Waals surface area contributed by atoms with E-state index in [4.69, 9.17) is 4.74 Å². The number of methoxy groups -OCH3 is 1. The van der Waals surface area contributed by atoms with Crippen LogP contribution in [0.25, 0.3) is 10.8 Å². The molecule has 0 spiro atoms. The van der Waals surface area contributed by atoms with Crippen LogP contribution >= 0.6 is 0 Å². The molecule has 0 atom stereocenters. The normalized spacial score (nSPS) is 10.5. The van der Waals surface area contributed by atoms with Gasteiger partial charge in [0.1, 0.15) is 11.6 Å². The number of rotatable bonds is 5. The summed E-state index contributed by atoms with van der Waals surface area (Å²) in [5.41, 5.74) is 1.32. The highest BCUT2D eigenvalue weighted by atomic mass is 16.5. The Hall–Kier alpha value is -2.55. The van der Waals surface area contributed by atoms with Crippen molar-refractivity contribution < 1.29 is 4.74 Å². The summed E-state index contributed by atoms with van der Waals surface area (Å²) in [7, 11) is 1.68. The summed E-state index contributed by atoms with van der Waals surface area (Å²) in [5, 5.41) is 5.67. The minimum absolute atomic E-state index is 0.849. The molecule has 1 N–H and O–H groups in total. The molecule has 0 saturated carbocycles. The average molecular weight is 278 g/mol. The molecular formula is C18H18N2O. The molecule has 0 bridgehead atoms. The molecule has 3 aromatic rings. The van der Waals surface area contributed by atoms with Crippen LogP contribution < -0.4 is 10.1 Å². The number of fused-ring (bicyclic) bond motifs is 1. The van der Waals surface area contributed by atoms with Crippen LogP contribution in [0.3, 0.4) is 0 Å². The lowest BCUT2D eigenvalue weighted by atomic mass is 10.1. The SMILES string of the molecule is COc1ccc2ccnc(NCCc3ccccc3)c2c1. The molecule has 1 heterocycles. The molecule has 0 aliphatic rings. The first-order valence-corrected chi connectivity index (χ1v) is 7.07. The van der Waals surface area contributed by atoms with Crippen molar-refractivity contribution in [3.8, 4) is 5.75 Å². The molecule has 1 aromatic heterocycles. The highest BCUT2D eigenvalue weighted by molar-refractivity contribution is 5.92. The Morgan fingerprint density at radius 1 is 1.05 bits per heavy atom. The molecule has 0 unspecified atom stereocenters. The molecule has 0 fully saturated rings. The van der Waals surface area contributed by atoms with Crippen LogP contribution in [0.4, 0.5) is 5.82 Å². The number of hydrogen-bond donors (Lipinski definition) is 1. The molecule has 2 aromatic carbocycles. The van der Waals surface area contributed by atoms with Gasteiger partial charge in [-0.15, -0.1) is 0 Å². The van der Waals surface area contributed by atoms with Crippen LogP contribution in [-0.4, -0.2) is 18.6 Å². The Bertz CT molecular complexity index is 726. The van der Waals surface area contributed by atoms with Gasteiger partial charge in [0, 0.05) is 18.1 Å². The fourth-order valence-electron chi connectivity index (χ4n) is 2.39. The zero-order chi connectivity index (χ0) is 14.5. The first-order chi connectivity index (χ1) is 10.4. The summed E-state index contributed by atoms with van der Waals surface area (Å²) < 4.78 is 5.30. The molecule has 0 saturated heterocycles. The highest BCUT2D eigenvalue weighted by Crippen LogP contribution is 2.25. The first kappa shape index (κ1) is 13.4. The van der Waals surface area contributed by atoms with Gasteiger partial charge < -0.3 is 10.1 Å². The van der Waals surface area contributed by atoms with Crippen LogP contribution in [0.15, 0.2) is 60.8 Å². The van der Waals surface area contributed by atoms with Crippen LogP contribution in [-0.2, 0) is 6.42 Å². The van der Waals surface area contributed by atoms with E-state index < -0.39 is 0 Å². The Kier molecular flexibility index (Phi) is 4.01. The van der Waals surface area contributed by atoms with Crippen molar-refractivity contribution in [1.82, 2.24) is 4.98 Å². The van der Waals surface area contributed by atoms with Gasteiger partial charge in [-0.25, -0.2) is 4.98 Å². The van der Waals surface area contributed by atoms with E-state index >= 15 is 0 Å². The fraction of sp³-hybridized carbons (Fsp3) is 0.167. The third kappa shape index (κ3) is 3.14. The van der Waals surface area contributed by atoms with Crippen LogP contribution in [0.2, 0.25) is 0 Å². The topological polar surface area (TPSA) is 34.1 Å². The van der Waals surface area contributed by atoms with Gasteiger partial charge in [0.25, 0.3) is 0 Å². The Morgan fingerprint density at radius 3 is 2.71 bits per heavy atom. The van der Waals surface area contributed by atoms with Gasteiger partial charge in [-0.1, -0.05) is 36.4 Å². The second kappa shape index (κ2) is 6.27. The van der Waals surface area contributed by atoms with Gasteiger partial charge in [0.2, 0.25) is 0 Å². The summed E-state index contributed by atoms with van der Waals surface area (Å²) in [6.07, 6.45) is 2.81. The standard InChI is InChI=1S/C18H18N2O/c1-21-16-8-7-15-10-12-20-18(17(15)13-16)19-11-9-14-5-3-2-4-6-14/h2-8,10,12-13H,9,11H2,1H3,(H,19,20). The van der Waals surface area contributed by atoms with E-state index in [0.29, 0.717) is 0 Å². The molecule has 3 nitrogen and oxygen atoms in total. The van der Waals surface area contributed by atoms with Crippen molar-refractivity contribution in [2.45, 2.75) is 6.42 Å². The minimum atomic E-state index is 0.849. The molecular weight excluding hydrogens is 260 g/mol. The van der Waals surface area contributed by atoms with Crippen LogP contribution in [0.5, 0.6) is 5.75 Å². The van der Waals surface area contributed by atoms with Crippen LogP contribution in [0, 0.1) is 0 Å². The van der Waals surface area contributed by atoms with Gasteiger partial charge in [0.05, 0.1) is 7.11 Å². The maximum Gasteiger partial charge on any atom is 0.133 e. The predicted molar refractivity (Wildman–Crippen MR) is 86.9 cm³/mol. The maximum absolute atomic E-state index is 5.30. The lowest BCUT2D eigenvalue weighted by molar-refractivity contribution is 0.415. The number of aromatic nitrogens is 1. The Labute approximate surface area is 124 Å². The summed E-state index contributed by atoms with van der Waals surface area (Å²) in [5.74, 6) is 1.75. The molecule has 3 rings (SSSR count). The third-order valence-corrected chi connectivity index (χ3v) is 3.52. The monoisotopic (exact) mass is 278 g/mol. The van der Waals surface area contributed by atoms with Gasteiger partial charge in [-0.2, -0.15) is 0 Å². The number of anilines is 1. The molecule has 0 aliphatic heterocycles. The second-order valence-electron chi connectivity index (χ2n) is 4.91. The number of ether oxygens (including phenoxy) is 1. The van der Waals surface area contributed by atoms with E-state index in [1.54, 1.807) is 7.11 Å². The lowest BCUT2D eigenvalue weighted by Gasteiger charge is -2.10. The zero-order valence-corrected chi connectivity index (χ0v) is 12.0. The van der Waals surface area contributed by atoms with Crippen molar-refractivity contribution in [2.75, 3.05) is 19.0 Å². The summed E-state index contributed by atoms with van der Waals surface area (Å²) in [6.45, 7) is 0.855. The lowest BCUT2D eigenvalue weighted by Crippen LogP contribution is -2.06. The van der Waals surface area contributed by atoms with E-state index in [1.807, 2.05) is 30.5 Å². The van der Waals surface area contributed by atoms with Gasteiger partial charge >= 0.3 is 0 Å². The quantitative estimate of drug-likeness (QED) is 0.768. The number of nitrogens with zero attached hydrogens (tertiary/aromatic N) is 1. The van der Waals surface area contributed by atoms with Crippen LogP contribution in [0.1, 0.15) is 5.56 Å². The van der Waals surface area contributed by atoms with Crippen molar-refractivity contribution in [2.24, 2.45) is 0 Å². The van der Waals surface area contributed by atoms with E-state index in [9.17, 15) is 0 Å². The maximum atomic E-state index is 5.30. The molecule has 106 valence electrons. The molecule has 3 heteroatoms. The summed E-state index contributed by atoms with van der Waals surface area (Å²) >= 11 is 0. The van der Waals surface area contributed by atoms with Crippen molar-refractivity contribution in [3.05, 3.63) is 66.4 Å². The van der Waals surface area contributed by atoms with E-state index in [-0.39, 0.29) is 0 Å². The van der Waals surface area contributed by atoms with E-state index in [2.05, 4.69) is 40.6 Å². The molecule has 0 amide bonds. The average Bonchev–Trinajstić information content (AvgIpc) is 2.55. The largest absolute Gasteiger partial charge is 0.497 e. The molecule has 0 radical (unpaired) electrons.